The number of hydrogen-bond donors (Lipinski definition) is 1. The molecule has 2 atom stereocenters. The molecule has 0 amide bonds. The molecule has 78 valence electrons. The maximum Gasteiger partial charge on any atom is 0.208 e. The lowest BCUT2D eigenvalue weighted by Crippen LogP contribution is -2.28. The average Bonchev–Trinajstić information content (AvgIpc) is 2.72. The second kappa shape index (κ2) is 4.36. The predicted molar refractivity (Wildman–Crippen MR) is 58.4 cm³/mol. The highest BCUT2D eigenvalue weighted by Crippen LogP contribution is 2.25. The third-order valence-corrected chi connectivity index (χ3v) is 3.77. The van der Waals surface area contributed by atoms with Gasteiger partial charge < -0.3 is 9.73 Å². The number of thioether (sulfide) groups is 1. The van der Waals surface area contributed by atoms with E-state index in [1.165, 1.54) is 12.2 Å². The Morgan fingerprint density at radius 3 is 3.14 bits per heavy atom. The summed E-state index contributed by atoms with van der Waals surface area (Å²) in [6.45, 7) is 4.96. The summed E-state index contributed by atoms with van der Waals surface area (Å²) in [5.41, 5.74) is 0. The number of aryl methyl sites for hydroxylation is 1. The second-order valence-corrected chi connectivity index (χ2v) is 5.29. The van der Waals surface area contributed by atoms with E-state index in [4.69, 9.17) is 4.42 Å². The maximum atomic E-state index is 5.39. The van der Waals surface area contributed by atoms with Gasteiger partial charge in [0.1, 0.15) is 5.76 Å². The minimum absolute atomic E-state index is 0.627. The molecule has 0 aliphatic carbocycles. The van der Waals surface area contributed by atoms with Gasteiger partial charge in [-0.25, -0.2) is 4.98 Å². The van der Waals surface area contributed by atoms with Crippen molar-refractivity contribution in [1.29, 1.82) is 0 Å². The van der Waals surface area contributed by atoms with Gasteiger partial charge in [-0.05, 0) is 13.3 Å². The van der Waals surface area contributed by atoms with Gasteiger partial charge >= 0.3 is 0 Å². The van der Waals surface area contributed by atoms with E-state index in [1.807, 2.05) is 18.7 Å². The van der Waals surface area contributed by atoms with Crippen LogP contribution in [0.25, 0.3) is 0 Å². The molecular formula is C10H16N2OS. The van der Waals surface area contributed by atoms with Crippen LogP contribution in [0.2, 0.25) is 0 Å². The van der Waals surface area contributed by atoms with Gasteiger partial charge in [-0.2, -0.15) is 11.8 Å². The molecule has 4 heteroatoms. The van der Waals surface area contributed by atoms with Gasteiger partial charge in [-0.15, -0.1) is 0 Å². The Hall–Kier alpha value is -0.480. The van der Waals surface area contributed by atoms with Crippen LogP contribution in [-0.2, 0) is 6.54 Å². The number of aromatic nitrogens is 1. The van der Waals surface area contributed by atoms with Crippen LogP contribution in [0.15, 0.2) is 10.6 Å². The zero-order valence-electron chi connectivity index (χ0n) is 8.62. The van der Waals surface area contributed by atoms with Crippen molar-refractivity contribution in [3.63, 3.8) is 0 Å². The Morgan fingerprint density at radius 2 is 2.57 bits per heavy atom. The smallest absolute Gasteiger partial charge is 0.208 e. The summed E-state index contributed by atoms with van der Waals surface area (Å²) in [4.78, 5) is 4.16. The van der Waals surface area contributed by atoms with Gasteiger partial charge in [0, 0.05) is 17.0 Å². The molecule has 0 radical (unpaired) electrons. The Balaban J connectivity index is 1.77. The SMILES string of the molecule is Cc1cnc(CNC2CSC(C)C2)o1. The Bertz CT molecular complexity index is 300. The summed E-state index contributed by atoms with van der Waals surface area (Å²) in [5.74, 6) is 2.89. The minimum atomic E-state index is 0.627. The Labute approximate surface area is 88.7 Å². The van der Waals surface area contributed by atoms with E-state index in [0.717, 1.165) is 23.4 Å². The largest absolute Gasteiger partial charge is 0.445 e. The first kappa shape index (κ1) is 10.1. The lowest BCUT2D eigenvalue weighted by molar-refractivity contribution is 0.427. The highest BCUT2D eigenvalue weighted by molar-refractivity contribution is 8.00. The van der Waals surface area contributed by atoms with Crippen molar-refractivity contribution in [1.82, 2.24) is 10.3 Å². The van der Waals surface area contributed by atoms with Gasteiger partial charge in [0.05, 0.1) is 12.7 Å². The monoisotopic (exact) mass is 212 g/mol. The summed E-state index contributed by atoms with van der Waals surface area (Å²) in [6.07, 6.45) is 3.02. The third kappa shape index (κ3) is 2.51. The molecule has 2 heterocycles. The first-order valence-corrected chi connectivity index (χ1v) is 6.05. The number of rotatable bonds is 3. The molecule has 0 bridgehead atoms. The topological polar surface area (TPSA) is 38.1 Å². The number of hydrogen-bond acceptors (Lipinski definition) is 4. The molecule has 14 heavy (non-hydrogen) atoms. The van der Waals surface area contributed by atoms with Gasteiger partial charge in [-0.3, -0.25) is 0 Å². The van der Waals surface area contributed by atoms with Crippen molar-refractivity contribution >= 4 is 11.8 Å². The van der Waals surface area contributed by atoms with Crippen LogP contribution in [0, 0.1) is 6.92 Å². The lowest BCUT2D eigenvalue weighted by Gasteiger charge is -2.08. The van der Waals surface area contributed by atoms with Gasteiger partial charge in [0.15, 0.2) is 0 Å². The first-order valence-electron chi connectivity index (χ1n) is 5.00. The van der Waals surface area contributed by atoms with Crippen molar-refractivity contribution in [2.24, 2.45) is 0 Å². The van der Waals surface area contributed by atoms with Crippen LogP contribution in [0.3, 0.4) is 0 Å². The quantitative estimate of drug-likeness (QED) is 0.831. The normalized spacial score (nSPS) is 27.0. The average molecular weight is 212 g/mol. The maximum absolute atomic E-state index is 5.39. The number of oxazole rings is 1. The van der Waals surface area contributed by atoms with E-state index >= 15 is 0 Å². The molecule has 1 fully saturated rings. The van der Waals surface area contributed by atoms with E-state index < -0.39 is 0 Å². The van der Waals surface area contributed by atoms with Gasteiger partial charge in [0.2, 0.25) is 5.89 Å². The van der Waals surface area contributed by atoms with Crippen molar-refractivity contribution in [2.75, 3.05) is 5.75 Å². The van der Waals surface area contributed by atoms with Crippen molar-refractivity contribution in [3.8, 4) is 0 Å². The molecule has 1 aromatic heterocycles. The van der Waals surface area contributed by atoms with Crippen LogP contribution >= 0.6 is 11.8 Å². The Kier molecular flexibility index (Phi) is 3.13. The van der Waals surface area contributed by atoms with Crippen molar-refractivity contribution in [3.05, 3.63) is 17.8 Å². The fourth-order valence-corrected chi connectivity index (χ4v) is 2.86. The van der Waals surface area contributed by atoms with Crippen LogP contribution in [-0.4, -0.2) is 22.0 Å². The van der Waals surface area contributed by atoms with E-state index in [9.17, 15) is 0 Å². The van der Waals surface area contributed by atoms with Gasteiger partial charge in [0.25, 0.3) is 0 Å². The zero-order valence-corrected chi connectivity index (χ0v) is 9.43. The van der Waals surface area contributed by atoms with Crippen LogP contribution < -0.4 is 5.32 Å². The minimum Gasteiger partial charge on any atom is -0.445 e. The highest BCUT2D eigenvalue weighted by Gasteiger charge is 2.21. The molecule has 1 aliphatic rings. The third-order valence-electron chi connectivity index (χ3n) is 2.41. The van der Waals surface area contributed by atoms with Crippen LogP contribution in [0.1, 0.15) is 25.0 Å². The van der Waals surface area contributed by atoms with Crippen molar-refractivity contribution in [2.45, 2.75) is 38.1 Å². The van der Waals surface area contributed by atoms with Crippen LogP contribution in [0.4, 0.5) is 0 Å². The number of nitrogens with one attached hydrogen (secondary N) is 1. The highest BCUT2D eigenvalue weighted by atomic mass is 32.2. The van der Waals surface area contributed by atoms with E-state index in [-0.39, 0.29) is 0 Å². The lowest BCUT2D eigenvalue weighted by atomic mass is 10.2. The molecule has 0 saturated carbocycles. The molecule has 1 saturated heterocycles. The second-order valence-electron chi connectivity index (χ2n) is 3.82. The summed E-state index contributed by atoms with van der Waals surface area (Å²) in [5, 5.41) is 4.26. The van der Waals surface area contributed by atoms with Crippen molar-refractivity contribution < 1.29 is 4.42 Å². The van der Waals surface area contributed by atoms with E-state index in [0.29, 0.717) is 6.04 Å². The molecule has 3 nitrogen and oxygen atoms in total. The first-order chi connectivity index (χ1) is 6.74. The van der Waals surface area contributed by atoms with Gasteiger partial charge in [-0.1, -0.05) is 6.92 Å². The Morgan fingerprint density at radius 1 is 1.71 bits per heavy atom. The predicted octanol–water partition coefficient (Wildman–Crippen LogP) is 1.97. The molecule has 0 spiro atoms. The summed E-state index contributed by atoms with van der Waals surface area (Å²) in [7, 11) is 0. The summed E-state index contributed by atoms with van der Waals surface area (Å²) in [6, 6.07) is 0.627. The summed E-state index contributed by atoms with van der Waals surface area (Å²) < 4.78 is 5.39. The number of nitrogens with zero attached hydrogens (tertiary/aromatic N) is 1. The molecule has 2 rings (SSSR count). The molecule has 0 aromatic carbocycles. The fourth-order valence-electron chi connectivity index (χ4n) is 1.67. The van der Waals surface area contributed by atoms with Crippen LogP contribution in [0.5, 0.6) is 0 Å². The molecule has 2 unspecified atom stereocenters. The standard InChI is InChI=1S/C10H16N2OS/c1-7-4-12-10(13-7)5-11-9-3-8(2)14-6-9/h4,8-9,11H,3,5-6H2,1-2H3. The molecule has 1 N–H and O–H groups in total. The molecule has 1 aliphatic heterocycles. The fraction of sp³-hybridized carbons (Fsp3) is 0.700. The molecular weight excluding hydrogens is 196 g/mol. The zero-order chi connectivity index (χ0) is 9.97. The van der Waals surface area contributed by atoms with E-state index in [1.54, 1.807) is 6.20 Å². The van der Waals surface area contributed by atoms with E-state index in [2.05, 4.69) is 17.2 Å². The summed E-state index contributed by atoms with van der Waals surface area (Å²) >= 11 is 2.03. The molecule has 1 aromatic rings.